The number of anilines is 2. The summed E-state index contributed by atoms with van der Waals surface area (Å²) >= 11 is 0. The number of methoxy groups -OCH3 is 1. The molecule has 0 bridgehead atoms. The molecule has 0 saturated carbocycles. The van der Waals surface area contributed by atoms with Gasteiger partial charge in [0, 0.05) is 24.5 Å². The number of fused-ring (bicyclic) bond motifs is 1. The summed E-state index contributed by atoms with van der Waals surface area (Å²) in [5, 5.41) is 2.85. The Morgan fingerprint density at radius 3 is 2.37 bits per heavy atom. The number of carbonyl (C=O) groups is 2. The van der Waals surface area contributed by atoms with E-state index in [4.69, 9.17) is 9.73 Å². The van der Waals surface area contributed by atoms with E-state index in [1.165, 1.54) is 17.7 Å². The lowest BCUT2D eigenvalue weighted by atomic mass is 9.92. The van der Waals surface area contributed by atoms with Gasteiger partial charge in [0.15, 0.2) is 0 Å². The van der Waals surface area contributed by atoms with Crippen LogP contribution < -0.4 is 9.62 Å². The lowest BCUT2D eigenvalue weighted by Gasteiger charge is -2.24. The van der Waals surface area contributed by atoms with Crippen LogP contribution in [-0.4, -0.2) is 71.5 Å². The zero-order chi connectivity index (χ0) is 25.8. The van der Waals surface area contributed by atoms with Gasteiger partial charge in [-0.2, -0.15) is 0 Å². The molecule has 1 heterocycles. The minimum atomic E-state index is -3.44. The van der Waals surface area contributed by atoms with Crippen molar-refractivity contribution in [2.75, 3.05) is 50.2 Å². The number of aliphatic imine (C=N–C) groups is 1. The summed E-state index contributed by atoms with van der Waals surface area (Å²) in [5.74, 6) is -1.23. The first-order valence-corrected chi connectivity index (χ1v) is 13.2. The molecule has 1 amide bonds. The van der Waals surface area contributed by atoms with E-state index in [-0.39, 0.29) is 5.91 Å². The van der Waals surface area contributed by atoms with E-state index in [1.54, 1.807) is 42.5 Å². The molecule has 35 heavy (non-hydrogen) atoms. The number of hydrogen-bond donors (Lipinski definition) is 1. The first kappa shape index (κ1) is 26.4. The normalized spacial score (nSPS) is 15.7. The van der Waals surface area contributed by atoms with Crippen LogP contribution in [0.2, 0.25) is 0 Å². The summed E-state index contributed by atoms with van der Waals surface area (Å²) in [6, 6.07) is 12.0. The summed E-state index contributed by atoms with van der Waals surface area (Å²) in [6.45, 7) is 2.94. The fourth-order valence-electron chi connectivity index (χ4n) is 4.00. The van der Waals surface area contributed by atoms with Gasteiger partial charge in [0.2, 0.25) is 15.9 Å². The van der Waals surface area contributed by atoms with Crippen LogP contribution in [0.15, 0.2) is 47.5 Å². The number of hydrogen-bond acceptors (Lipinski definition) is 7. The number of esters is 1. The third-order valence-corrected chi connectivity index (χ3v) is 6.90. The van der Waals surface area contributed by atoms with Gasteiger partial charge in [0.05, 0.1) is 30.3 Å². The Labute approximate surface area is 206 Å². The van der Waals surface area contributed by atoms with Crippen molar-refractivity contribution in [2.24, 2.45) is 4.99 Å². The number of nitrogens with one attached hydrogen (secondary N) is 1. The number of carbonyl (C=O) groups excluding carboxylic acids is 2. The van der Waals surface area contributed by atoms with E-state index < -0.39 is 21.9 Å². The molecular formula is C25H32N4O5S. The smallest absolute Gasteiger partial charge is 0.337 e. The third-order valence-electron chi connectivity index (χ3n) is 5.71. The number of ether oxygens (including phenoxy) is 1. The monoisotopic (exact) mass is 500 g/mol. The lowest BCUT2D eigenvalue weighted by molar-refractivity contribution is -0.115. The van der Waals surface area contributed by atoms with Gasteiger partial charge in [-0.05, 0) is 62.5 Å². The summed E-state index contributed by atoms with van der Waals surface area (Å²) in [7, 11) is 1.65. The molecular weight excluding hydrogens is 468 g/mol. The first-order chi connectivity index (χ1) is 16.5. The summed E-state index contributed by atoms with van der Waals surface area (Å²) in [5.41, 5.74) is 3.59. The van der Waals surface area contributed by atoms with Crippen molar-refractivity contribution < 1.29 is 22.7 Å². The molecule has 1 unspecified atom stereocenters. The Morgan fingerprint density at radius 1 is 1.11 bits per heavy atom. The fraction of sp³-hybridized carbons (Fsp3) is 0.400. The molecule has 0 radical (unpaired) electrons. The predicted octanol–water partition coefficient (Wildman–Crippen LogP) is 3.41. The average Bonchev–Trinajstić information content (AvgIpc) is 3.13. The highest BCUT2D eigenvalue weighted by Gasteiger charge is 2.34. The van der Waals surface area contributed by atoms with Gasteiger partial charge < -0.3 is 15.0 Å². The Kier molecular flexibility index (Phi) is 8.29. The number of nitrogens with zero attached hydrogens (tertiary/aromatic N) is 3. The van der Waals surface area contributed by atoms with Crippen LogP contribution in [0.25, 0.3) is 0 Å². The van der Waals surface area contributed by atoms with E-state index in [0.29, 0.717) is 47.8 Å². The lowest BCUT2D eigenvalue weighted by Crippen LogP contribution is -2.35. The first-order valence-electron chi connectivity index (χ1n) is 11.4. The fourth-order valence-corrected chi connectivity index (χ4v) is 4.91. The molecule has 0 fully saturated rings. The second-order valence-corrected chi connectivity index (χ2v) is 10.6. The van der Waals surface area contributed by atoms with E-state index in [9.17, 15) is 18.0 Å². The van der Waals surface area contributed by atoms with E-state index in [2.05, 4.69) is 5.32 Å². The third kappa shape index (κ3) is 6.26. The van der Waals surface area contributed by atoms with Crippen molar-refractivity contribution in [3.05, 3.63) is 53.6 Å². The molecule has 2 aromatic carbocycles. The Balaban J connectivity index is 1.92. The highest BCUT2D eigenvalue weighted by atomic mass is 32.2. The van der Waals surface area contributed by atoms with Gasteiger partial charge in [-0.1, -0.05) is 19.4 Å². The standard InChI is InChI=1S/C25H32N4O5S/c1-6-7-21(23-20-13-8-17(25(31)34-4)16-22(20)27-24(23)30)26-18-9-11-19(12-10-18)29(35(5,32)33)15-14-28(2)3/h8-13,16,23H,6-7,14-15H2,1-5H3,(H,27,30). The minimum Gasteiger partial charge on any atom is -0.465 e. The predicted molar refractivity (Wildman–Crippen MR) is 138 cm³/mol. The molecule has 188 valence electrons. The summed E-state index contributed by atoms with van der Waals surface area (Å²) in [4.78, 5) is 31.4. The van der Waals surface area contributed by atoms with Crippen molar-refractivity contribution in [3.8, 4) is 0 Å². The SMILES string of the molecule is CCCC(=Nc1ccc(N(CCN(C)C)S(C)(=O)=O)cc1)C1C(=O)Nc2cc(C(=O)OC)ccc21. The molecule has 3 rings (SSSR count). The van der Waals surface area contributed by atoms with Gasteiger partial charge in [-0.25, -0.2) is 13.2 Å². The number of benzene rings is 2. The van der Waals surface area contributed by atoms with Gasteiger partial charge in [0.1, 0.15) is 5.92 Å². The van der Waals surface area contributed by atoms with Crippen molar-refractivity contribution in [1.29, 1.82) is 0 Å². The molecule has 1 atom stereocenters. The van der Waals surface area contributed by atoms with Gasteiger partial charge >= 0.3 is 5.97 Å². The van der Waals surface area contributed by atoms with Crippen molar-refractivity contribution in [1.82, 2.24) is 4.90 Å². The van der Waals surface area contributed by atoms with Gasteiger partial charge in [-0.15, -0.1) is 0 Å². The van der Waals surface area contributed by atoms with Crippen LogP contribution in [0.4, 0.5) is 17.1 Å². The molecule has 1 aliphatic heterocycles. The Morgan fingerprint density at radius 2 is 1.80 bits per heavy atom. The highest BCUT2D eigenvalue weighted by Crippen LogP contribution is 2.36. The summed E-state index contributed by atoms with van der Waals surface area (Å²) in [6.07, 6.45) is 2.59. The molecule has 1 N–H and O–H groups in total. The van der Waals surface area contributed by atoms with Crippen molar-refractivity contribution in [3.63, 3.8) is 0 Å². The number of amides is 1. The molecule has 0 spiro atoms. The van der Waals surface area contributed by atoms with Crippen LogP contribution >= 0.6 is 0 Å². The van der Waals surface area contributed by atoms with Crippen molar-refractivity contribution >= 4 is 44.7 Å². The maximum absolute atomic E-state index is 12.9. The number of likely N-dealkylation sites (N-methyl/N-ethyl adjacent to an activating group) is 1. The van der Waals surface area contributed by atoms with Crippen LogP contribution in [0, 0.1) is 0 Å². The van der Waals surface area contributed by atoms with Gasteiger partial charge in [0.25, 0.3) is 0 Å². The zero-order valence-electron chi connectivity index (χ0n) is 20.7. The van der Waals surface area contributed by atoms with Crippen LogP contribution in [0.3, 0.4) is 0 Å². The maximum atomic E-state index is 12.9. The summed E-state index contributed by atoms with van der Waals surface area (Å²) < 4.78 is 30.8. The second kappa shape index (κ2) is 11.0. The maximum Gasteiger partial charge on any atom is 0.337 e. The average molecular weight is 501 g/mol. The molecule has 10 heteroatoms. The molecule has 1 aliphatic rings. The highest BCUT2D eigenvalue weighted by molar-refractivity contribution is 7.92. The molecule has 2 aromatic rings. The van der Waals surface area contributed by atoms with E-state index >= 15 is 0 Å². The second-order valence-electron chi connectivity index (χ2n) is 8.72. The minimum absolute atomic E-state index is 0.197. The van der Waals surface area contributed by atoms with Crippen LogP contribution in [-0.2, 0) is 19.6 Å². The van der Waals surface area contributed by atoms with E-state index in [0.717, 1.165) is 12.0 Å². The molecule has 0 aromatic heterocycles. The van der Waals surface area contributed by atoms with Gasteiger partial charge in [-0.3, -0.25) is 14.1 Å². The van der Waals surface area contributed by atoms with Crippen LogP contribution in [0.5, 0.6) is 0 Å². The largest absolute Gasteiger partial charge is 0.465 e. The van der Waals surface area contributed by atoms with Crippen LogP contribution in [0.1, 0.15) is 41.6 Å². The Bertz CT molecular complexity index is 1220. The zero-order valence-corrected chi connectivity index (χ0v) is 21.6. The molecule has 9 nitrogen and oxygen atoms in total. The van der Waals surface area contributed by atoms with Crippen molar-refractivity contribution in [2.45, 2.75) is 25.7 Å². The molecule has 0 saturated heterocycles. The Hall–Kier alpha value is -3.24. The van der Waals surface area contributed by atoms with E-state index in [1.807, 2.05) is 25.9 Å². The quantitative estimate of drug-likeness (QED) is 0.396. The molecule has 0 aliphatic carbocycles. The topological polar surface area (TPSA) is 108 Å². The number of sulfonamides is 1. The number of rotatable bonds is 10.